The lowest BCUT2D eigenvalue weighted by Gasteiger charge is -2.35. The molecule has 1 aliphatic rings. The summed E-state index contributed by atoms with van der Waals surface area (Å²) in [5.41, 5.74) is -0.345. The van der Waals surface area contributed by atoms with Crippen LogP contribution >= 0.6 is 0 Å². The van der Waals surface area contributed by atoms with Gasteiger partial charge in [0.05, 0.1) is 5.41 Å². The van der Waals surface area contributed by atoms with Crippen LogP contribution in [0.4, 0.5) is 0 Å². The Kier molecular flexibility index (Phi) is 3.90. The zero-order chi connectivity index (χ0) is 10.4. The molecule has 1 fully saturated rings. The first-order valence-electron chi connectivity index (χ1n) is 5.15. The molecule has 0 bridgehead atoms. The third-order valence-corrected chi connectivity index (χ3v) is 2.85. The predicted octanol–water partition coefficient (Wildman–Crippen LogP) is 0.754. The number of nitriles is 1. The van der Waals surface area contributed by atoms with Crippen LogP contribution in [-0.4, -0.2) is 19.0 Å². The van der Waals surface area contributed by atoms with Crippen LogP contribution in [0.5, 0.6) is 0 Å². The van der Waals surface area contributed by atoms with E-state index in [1.54, 1.807) is 6.19 Å². The monoisotopic (exact) mass is 195 g/mol. The maximum absolute atomic E-state index is 11.7. The van der Waals surface area contributed by atoms with E-state index < -0.39 is 0 Å². The van der Waals surface area contributed by atoms with Crippen molar-refractivity contribution in [1.82, 2.24) is 10.6 Å². The van der Waals surface area contributed by atoms with Crippen LogP contribution in [0, 0.1) is 16.9 Å². The molecule has 1 atom stereocenters. The smallest absolute Gasteiger partial charge is 0.240 e. The Hall–Kier alpha value is -1.08. The van der Waals surface area contributed by atoms with Crippen LogP contribution in [0.2, 0.25) is 0 Å². The number of rotatable bonds is 3. The maximum atomic E-state index is 11.7. The summed E-state index contributed by atoms with van der Waals surface area (Å²) in [6.07, 6.45) is 5.45. The van der Waals surface area contributed by atoms with Crippen LogP contribution in [0.25, 0.3) is 0 Å². The van der Waals surface area contributed by atoms with Crippen LogP contribution in [0.3, 0.4) is 0 Å². The van der Waals surface area contributed by atoms with Gasteiger partial charge in [0, 0.05) is 6.54 Å². The summed E-state index contributed by atoms with van der Waals surface area (Å²) >= 11 is 0. The number of hydrogen-bond donors (Lipinski definition) is 2. The molecule has 4 nitrogen and oxygen atoms in total. The fourth-order valence-electron chi connectivity index (χ4n) is 2.15. The van der Waals surface area contributed by atoms with Crippen LogP contribution in [0.15, 0.2) is 0 Å². The Balaban J connectivity index is 2.69. The van der Waals surface area contributed by atoms with E-state index in [1.807, 2.05) is 0 Å². The van der Waals surface area contributed by atoms with E-state index in [9.17, 15) is 4.79 Å². The van der Waals surface area contributed by atoms with Crippen LogP contribution in [0.1, 0.15) is 32.6 Å². The highest BCUT2D eigenvalue weighted by molar-refractivity contribution is 5.84. The van der Waals surface area contributed by atoms with E-state index in [0.29, 0.717) is 6.54 Å². The molecule has 1 rings (SSSR count). The van der Waals surface area contributed by atoms with E-state index >= 15 is 0 Å². The minimum absolute atomic E-state index is 0.117. The Morgan fingerprint density at radius 2 is 2.50 bits per heavy atom. The Morgan fingerprint density at radius 3 is 3.00 bits per heavy atom. The summed E-state index contributed by atoms with van der Waals surface area (Å²) < 4.78 is 0. The highest BCUT2D eigenvalue weighted by atomic mass is 16.2. The van der Waals surface area contributed by atoms with E-state index in [1.165, 1.54) is 0 Å². The first-order valence-corrected chi connectivity index (χ1v) is 5.15. The molecule has 14 heavy (non-hydrogen) atoms. The number of nitrogens with zero attached hydrogens (tertiary/aromatic N) is 1. The SMILES string of the molecule is CCCC1(C(=O)NC#N)CCCNC1. The number of piperidine rings is 1. The molecule has 4 heteroatoms. The largest absolute Gasteiger partial charge is 0.316 e. The van der Waals surface area contributed by atoms with Crippen molar-refractivity contribution in [2.24, 2.45) is 5.41 Å². The first kappa shape index (κ1) is 11.0. The van der Waals surface area contributed by atoms with Gasteiger partial charge >= 0.3 is 0 Å². The van der Waals surface area contributed by atoms with Gasteiger partial charge in [0.15, 0.2) is 6.19 Å². The Bertz CT molecular complexity index is 233. The minimum Gasteiger partial charge on any atom is -0.316 e. The third-order valence-electron chi connectivity index (χ3n) is 2.85. The highest BCUT2D eigenvalue weighted by Gasteiger charge is 2.38. The Labute approximate surface area is 84.7 Å². The highest BCUT2D eigenvalue weighted by Crippen LogP contribution is 2.31. The van der Waals surface area contributed by atoms with Crippen molar-refractivity contribution in [3.05, 3.63) is 0 Å². The van der Waals surface area contributed by atoms with E-state index in [0.717, 1.165) is 32.2 Å². The molecule has 0 aromatic carbocycles. The summed E-state index contributed by atoms with van der Waals surface area (Å²) in [6.45, 7) is 3.75. The molecule has 0 radical (unpaired) electrons. The lowest BCUT2D eigenvalue weighted by Crippen LogP contribution is -2.49. The molecule has 1 heterocycles. The maximum Gasteiger partial charge on any atom is 0.240 e. The molecule has 2 N–H and O–H groups in total. The molecule has 0 aliphatic carbocycles. The number of nitrogens with one attached hydrogen (secondary N) is 2. The lowest BCUT2D eigenvalue weighted by atomic mass is 9.76. The van der Waals surface area contributed by atoms with Gasteiger partial charge in [-0.15, -0.1) is 0 Å². The quantitative estimate of drug-likeness (QED) is 0.516. The van der Waals surface area contributed by atoms with Crippen molar-refractivity contribution < 1.29 is 4.79 Å². The Morgan fingerprint density at radius 1 is 1.71 bits per heavy atom. The van der Waals surface area contributed by atoms with Crippen molar-refractivity contribution in [2.75, 3.05) is 13.1 Å². The third kappa shape index (κ3) is 2.24. The molecule has 0 spiro atoms. The van der Waals surface area contributed by atoms with Gasteiger partial charge < -0.3 is 5.32 Å². The zero-order valence-corrected chi connectivity index (χ0v) is 8.60. The molecule has 0 aromatic rings. The molecule has 0 aromatic heterocycles. The second-order valence-corrected chi connectivity index (χ2v) is 3.88. The number of carbonyl (C=O) groups excluding carboxylic acids is 1. The first-order chi connectivity index (χ1) is 6.75. The van der Waals surface area contributed by atoms with Gasteiger partial charge in [0.1, 0.15) is 0 Å². The van der Waals surface area contributed by atoms with Gasteiger partial charge in [-0.05, 0) is 25.8 Å². The van der Waals surface area contributed by atoms with E-state index in [4.69, 9.17) is 5.26 Å². The van der Waals surface area contributed by atoms with Crippen molar-refractivity contribution in [1.29, 1.82) is 5.26 Å². The van der Waals surface area contributed by atoms with Crippen molar-refractivity contribution in [3.8, 4) is 6.19 Å². The lowest BCUT2D eigenvalue weighted by molar-refractivity contribution is -0.131. The number of hydrogen-bond acceptors (Lipinski definition) is 3. The van der Waals surface area contributed by atoms with Gasteiger partial charge in [-0.3, -0.25) is 10.1 Å². The summed E-state index contributed by atoms with van der Waals surface area (Å²) in [5.74, 6) is -0.117. The minimum atomic E-state index is -0.345. The standard InChI is InChI=1S/C10H17N3O/c1-2-4-10(9(14)13-8-11)5-3-6-12-7-10/h12H,2-7H2,1H3,(H,13,14). The molecular weight excluding hydrogens is 178 g/mol. The molecule has 1 saturated heterocycles. The van der Waals surface area contributed by atoms with E-state index in [2.05, 4.69) is 17.6 Å². The normalized spacial score (nSPS) is 26.6. The summed E-state index contributed by atoms with van der Waals surface area (Å²) in [5, 5.41) is 13.9. The number of amides is 1. The molecule has 1 unspecified atom stereocenters. The van der Waals surface area contributed by atoms with Crippen LogP contribution in [-0.2, 0) is 4.79 Å². The fraction of sp³-hybridized carbons (Fsp3) is 0.800. The molecule has 1 aliphatic heterocycles. The van der Waals surface area contributed by atoms with Gasteiger partial charge in [0.2, 0.25) is 5.91 Å². The number of carbonyl (C=O) groups is 1. The topological polar surface area (TPSA) is 64.9 Å². The summed E-state index contributed by atoms with van der Waals surface area (Å²) in [4.78, 5) is 11.7. The second-order valence-electron chi connectivity index (χ2n) is 3.88. The van der Waals surface area contributed by atoms with Gasteiger partial charge in [-0.1, -0.05) is 13.3 Å². The molecule has 78 valence electrons. The molecule has 0 saturated carbocycles. The predicted molar refractivity (Wildman–Crippen MR) is 53.2 cm³/mol. The van der Waals surface area contributed by atoms with Crippen molar-refractivity contribution in [2.45, 2.75) is 32.6 Å². The van der Waals surface area contributed by atoms with Gasteiger partial charge in [0.25, 0.3) is 0 Å². The second kappa shape index (κ2) is 4.97. The summed E-state index contributed by atoms with van der Waals surface area (Å²) in [7, 11) is 0. The fourth-order valence-corrected chi connectivity index (χ4v) is 2.15. The van der Waals surface area contributed by atoms with Gasteiger partial charge in [-0.2, -0.15) is 5.26 Å². The molecular formula is C10H17N3O. The average molecular weight is 195 g/mol. The van der Waals surface area contributed by atoms with Gasteiger partial charge in [-0.25, -0.2) is 0 Å². The van der Waals surface area contributed by atoms with E-state index in [-0.39, 0.29) is 11.3 Å². The van der Waals surface area contributed by atoms with Crippen molar-refractivity contribution >= 4 is 5.91 Å². The van der Waals surface area contributed by atoms with Crippen LogP contribution < -0.4 is 10.6 Å². The average Bonchev–Trinajstić information content (AvgIpc) is 2.20. The zero-order valence-electron chi connectivity index (χ0n) is 8.60. The summed E-state index contributed by atoms with van der Waals surface area (Å²) in [6, 6.07) is 0. The van der Waals surface area contributed by atoms with Crippen molar-refractivity contribution in [3.63, 3.8) is 0 Å². The molecule has 1 amide bonds.